The van der Waals surface area contributed by atoms with Crippen LogP contribution in [0.4, 0.5) is 5.82 Å². The summed E-state index contributed by atoms with van der Waals surface area (Å²) in [6.07, 6.45) is 0.708. The molecule has 0 spiro atoms. The van der Waals surface area contributed by atoms with Crippen molar-refractivity contribution in [2.75, 3.05) is 18.5 Å². The van der Waals surface area contributed by atoms with E-state index in [2.05, 4.69) is 20.3 Å². The second kappa shape index (κ2) is 7.57. The zero-order valence-corrected chi connectivity index (χ0v) is 17.5. The number of nitrogens with zero attached hydrogens (tertiary/aromatic N) is 4. The van der Waals surface area contributed by atoms with Crippen LogP contribution in [0.1, 0.15) is 30.4 Å². The minimum Gasteiger partial charge on any atom is -0.393 e. The minimum absolute atomic E-state index is 0.247. The van der Waals surface area contributed by atoms with Crippen LogP contribution >= 0.6 is 0 Å². The van der Waals surface area contributed by atoms with E-state index in [9.17, 15) is 15.0 Å². The highest BCUT2D eigenvalue weighted by atomic mass is 16.8. The van der Waals surface area contributed by atoms with Gasteiger partial charge in [0, 0.05) is 5.56 Å². The van der Waals surface area contributed by atoms with Crippen molar-refractivity contribution in [2.24, 2.45) is 0 Å². The van der Waals surface area contributed by atoms with Crippen LogP contribution in [-0.4, -0.2) is 72.4 Å². The van der Waals surface area contributed by atoms with Gasteiger partial charge in [-0.1, -0.05) is 18.2 Å². The molecule has 0 unspecified atom stereocenters. The molecule has 0 aliphatic carbocycles. The summed E-state index contributed by atoms with van der Waals surface area (Å²) in [7, 11) is 0. The molecule has 3 aromatic rings. The van der Waals surface area contributed by atoms with Gasteiger partial charge >= 0.3 is 0 Å². The first kappa shape index (κ1) is 20.9. The van der Waals surface area contributed by atoms with Gasteiger partial charge in [-0.25, -0.2) is 15.0 Å². The highest BCUT2D eigenvalue weighted by Crippen LogP contribution is 2.48. The molecule has 168 valence electrons. The van der Waals surface area contributed by atoms with Crippen molar-refractivity contribution in [1.82, 2.24) is 19.5 Å². The summed E-state index contributed by atoms with van der Waals surface area (Å²) in [6.45, 7) is 2.60. The lowest BCUT2D eigenvalue weighted by molar-refractivity contribution is -0.233. The number of carbonyl (C=O) groups is 1. The molecule has 2 saturated heterocycles. The van der Waals surface area contributed by atoms with Crippen molar-refractivity contribution in [3.63, 3.8) is 0 Å². The number of hydrogen-bond donors (Lipinski definition) is 3. The first-order chi connectivity index (χ1) is 15.4. The maximum Gasteiger partial charge on any atom is 0.256 e. The molecule has 3 N–H and O–H groups in total. The summed E-state index contributed by atoms with van der Waals surface area (Å²) >= 11 is 0. The second-order valence-corrected chi connectivity index (χ2v) is 8.28. The van der Waals surface area contributed by atoms with E-state index in [0.717, 1.165) is 0 Å². The molecule has 0 bridgehead atoms. The number of hydrogen-bond acceptors (Lipinski definition) is 9. The molecule has 0 radical (unpaired) electrons. The summed E-state index contributed by atoms with van der Waals surface area (Å²) < 4.78 is 19.7. The average molecular weight is 441 g/mol. The van der Waals surface area contributed by atoms with Crippen molar-refractivity contribution < 1.29 is 29.2 Å². The number of benzene rings is 1. The maximum absolute atomic E-state index is 12.6. The predicted molar refractivity (Wildman–Crippen MR) is 111 cm³/mol. The van der Waals surface area contributed by atoms with E-state index in [-0.39, 0.29) is 11.7 Å². The maximum atomic E-state index is 12.6. The number of aromatic nitrogens is 4. The first-order valence-electron chi connectivity index (χ1n) is 10.2. The highest BCUT2D eigenvalue weighted by molar-refractivity contribution is 6.06. The Morgan fingerprint density at radius 1 is 1.09 bits per heavy atom. The quantitative estimate of drug-likeness (QED) is 0.525. The summed E-state index contributed by atoms with van der Waals surface area (Å²) in [6, 6.07) is 8.76. The fourth-order valence-electron chi connectivity index (χ4n) is 4.20. The summed E-state index contributed by atoms with van der Waals surface area (Å²) in [5.41, 5.74) is -0.111. The average Bonchev–Trinajstić information content (AvgIpc) is 3.44. The molecule has 3 atom stereocenters. The zero-order valence-electron chi connectivity index (χ0n) is 17.5. The van der Waals surface area contributed by atoms with Crippen LogP contribution in [-0.2, 0) is 14.2 Å². The summed E-state index contributed by atoms with van der Waals surface area (Å²) in [5.74, 6) is -1.00. The lowest BCUT2D eigenvalue weighted by Gasteiger charge is -2.31. The lowest BCUT2D eigenvalue weighted by atomic mass is 9.97. The third kappa shape index (κ3) is 3.26. The van der Waals surface area contributed by atoms with Crippen LogP contribution < -0.4 is 5.32 Å². The highest BCUT2D eigenvalue weighted by Gasteiger charge is 2.63. The molecule has 1 aromatic carbocycles. The molecule has 2 aliphatic heterocycles. The van der Waals surface area contributed by atoms with E-state index in [4.69, 9.17) is 14.2 Å². The number of aliphatic hydroxyl groups is 2. The lowest BCUT2D eigenvalue weighted by Crippen LogP contribution is -2.49. The van der Waals surface area contributed by atoms with Gasteiger partial charge in [0.05, 0.1) is 19.5 Å². The summed E-state index contributed by atoms with van der Waals surface area (Å²) in [5, 5.41) is 22.8. The Morgan fingerprint density at radius 3 is 2.56 bits per heavy atom. The van der Waals surface area contributed by atoms with E-state index in [1.54, 1.807) is 42.7 Å². The van der Waals surface area contributed by atoms with Gasteiger partial charge in [-0.3, -0.25) is 9.36 Å². The van der Waals surface area contributed by atoms with Gasteiger partial charge in [-0.15, -0.1) is 0 Å². The largest absolute Gasteiger partial charge is 0.393 e. The first-order valence-corrected chi connectivity index (χ1v) is 10.2. The topological polar surface area (TPSA) is 141 Å². The number of rotatable bonds is 5. The number of ether oxygens (including phenoxy) is 3. The van der Waals surface area contributed by atoms with Gasteiger partial charge in [0.2, 0.25) is 0 Å². The van der Waals surface area contributed by atoms with E-state index in [1.807, 2.05) is 6.07 Å². The van der Waals surface area contributed by atoms with Crippen molar-refractivity contribution in [3.05, 3.63) is 48.5 Å². The van der Waals surface area contributed by atoms with Crippen molar-refractivity contribution in [3.8, 4) is 0 Å². The molecule has 11 nitrogen and oxygen atoms in total. The van der Waals surface area contributed by atoms with Crippen LogP contribution in [0.15, 0.2) is 43.0 Å². The number of anilines is 1. The van der Waals surface area contributed by atoms with Gasteiger partial charge in [0.1, 0.15) is 24.1 Å². The Labute approximate surface area is 183 Å². The van der Waals surface area contributed by atoms with Gasteiger partial charge in [0.25, 0.3) is 5.91 Å². The van der Waals surface area contributed by atoms with Crippen molar-refractivity contribution in [2.45, 2.75) is 43.7 Å². The Bertz CT molecular complexity index is 1150. The predicted octanol–water partition coefficient (Wildman–Crippen LogP) is 0.851. The fourth-order valence-corrected chi connectivity index (χ4v) is 4.20. The molecule has 32 heavy (non-hydrogen) atoms. The van der Waals surface area contributed by atoms with Crippen molar-refractivity contribution >= 4 is 22.9 Å². The van der Waals surface area contributed by atoms with Crippen LogP contribution in [0.25, 0.3) is 11.2 Å². The third-order valence-electron chi connectivity index (χ3n) is 5.72. The number of imidazole rings is 1. The third-order valence-corrected chi connectivity index (χ3v) is 5.72. The molecule has 5 rings (SSSR count). The molecule has 4 heterocycles. The van der Waals surface area contributed by atoms with Crippen LogP contribution in [0.2, 0.25) is 0 Å². The van der Waals surface area contributed by atoms with Crippen molar-refractivity contribution in [1.29, 1.82) is 0 Å². The molecule has 1 amide bonds. The Hall–Kier alpha value is -2.96. The van der Waals surface area contributed by atoms with Crippen LogP contribution in [0.5, 0.6) is 0 Å². The molecule has 2 fully saturated rings. The van der Waals surface area contributed by atoms with E-state index >= 15 is 0 Å². The van der Waals surface area contributed by atoms with E-state index in [1.165, 1.54) is 12.7 Å². The molecular weight excluding hydrogens is 418 g/mol. The van der Waals surface area contributed by atoms with Crippen LogP contribution in [0.3, 0.4) is 0 Å². The summed E-state index contributed by atoms with van der Waals surface area (Å²) in [4.78, 5) is 25.4. The molecule has 2 aliphatic rings. The normalized spacial score (nSPS) is 25.7. The van der Waals surface area contributed by atoms with Crippen LogP contribution in [0, 0.1) is 0 Å². The molecular formula is C21H23N5O6. The number of aliphatic hydroxyl groups excluding tert-OH is 2. The number of carbonyl (C=O) groups excluding carboxylic acids is 1. The smallest absolute Gasteiger partial charge is 0.256 e. The zero-order chi connectivity index (χ0) is 22.5. The Kier molecular flexibility index (Phi) is 4.95. The fraction of sp³-hybridized carbons (Fsp3) is 0.429. The van der Waals surface area contributed by atoms with E-state index < -0.39 is 43.0 Å². The Morgan fingerprint density at radius 2 is 1.84 bits per heavy atom. The minimum atomic E-state index is -1.35. The van der Waals surface area contributed by atoms with Gasteiger partial charge < -0.3 is 29.7 Å². The molecule has 0 saturated carbocycles. The van der Waals surface area contributed by atoms with Gasteiger partial charge in [-0.2, -0.15) is 0 Å². The standard InChI is InChI=1S/C21H23N5O6/c1-20(2)30-14-15(31-20)21(8-27,9-28)32-19(14)26-11-24-13-16(22-10-23-17(13)26)25-18(29)12-6-4-3-5-7-12/h3-7,10-11,14-15,19,27-28H,8-9H2,1-2H3,(H,22,23,25,29)/t14-,15+,19-/m1/s1. The van der Waals surface area contributed by atoms with E-state index in [0.29, 0.717) is 16.7 Å². The Balaban J connectivity index is 1.50. The number of nitrogens with one attached hydrogen (secondary N) is 1. The molecule has 2 aromatic heterocycles. The monoisotopic (exact) mass is 441 g/mol. The van der Waals surface area contributed by atoms with Gasteiger partial charge in [-0.05, 0) is 26.0 Å². The molecule has 11 heteroatoms. The SMILES string of the molecule is CC1(C)O[C@H]2[C@H](n3cnc4c(NC(=O)c5ccccc5)ncnc43)OC(CO)(CO)[C@H]2O1. The number of amides is 1. The van der Waals surface area contributed by atoms with Gasteiger partial charge in [0.15, 0.2) is 29.0 Å². The second-order valence-electron chi connectivity index (χ2n) is 8.28. The number of fused-ring (bicyclic) bond motifs is 2.